The largest absolute Gasteiger partial charge is 0.541 e. The summed E-state index contributed by atoms with van der Waals surface area (Å²) in [4.78, 5) is 14.8. The highest BCUT2D eigenvalue weighted by Gasteiger charge is 2.40. The molecule has 0 unspecified atom stereocenters. The Balaban J connectivity index is 2.34. The molecule has 7 nitrogen and oxygen atoms in total. The number of carbonyl (C=O) groups is 1. The minimum absolute atomic E-state index is 0.00316. The summed E-state index contributed by atoms with van der Waals surface area (Å²) in [5, 5.41) is 10.8. The molecule has 2 rings (SSSR count). The molecule has 0 bridgehead atoms. The molecule has 0 fully saturated rings. The van der Waals surface area contributed by atoms with Gasteiger partial charge < -0.3 is 29.6 Å². The van der Waals surface area contributed by atoms with E-state index in [0.29, 0.717) is 17.2 Å². The van der Waals surface area contributed by atoms with Gasteiger partial charge in [-0.3, -0.25) is 4.79 Å². The van der Waals surface area contributed by atoms with Gasteiger partial charge in [0.1, 0.15) is 11.5 Å². The van der Waals surface area contributed by atoms with Crippen LogP contribution in [0.15, 0.2) is 36.4 Å². The topological polar surface area (TPSA) is 94.3 Å². The maximum Gasteiger partial charge on any atom is 0.250 e. The first-order valence-electron chi connectivity index (χ1n) is 12.3. The molecular weight excluding hydrogens is 472 g/mol. The van der Waals surface area contributed by atoms with Gasteiger partial charge >= 0.3 is 0 Å². The van der Waals surface area contributed by atoms with Gasteiger partial charge in [0, 0.05) is 24.6 Å². The number of aliphatic hydroxyl groups excluding tert-OH is 1. The fourth-order valence-corrected chi connectivity index (χ4v) is 4.95. The van der Waals surface area contributed by atoms with E-state index in [1.165, 1.54) is 4.90 Å². The minimum Gasteiger partial charge on any atom is -0.541 e. The Hall–Kier alpha value is -2.55. The lowest BCUT2D eigenvalue weighted by Gasteiger charge is -2.37. The summed E-state index contributed by atoms with van der Waals surface area (Å²) in [6.07, 6.45) is -0.575. The van der Waals surface area contributed by atoms with Crippen molar-refractivity contribution in [3.8, 4) is 17.2 Å². The number of likely N-dealkylation sites (N-methyl/N-ethyl adjacent to an activating group) is 1. The van der Waals surface area contributed by atoms with Gasteiger partial charge in [-0.25, -0.2) is 0 Å². The zero-order valence-corrected chi connectivity index (χ0v) is 24.5. The normalized spacial score (nSPS) is 14.6. The number of aliphatic hydroxyl groups is 1. The number of nitrogens with zero attached hydrogens (tertiary/aromatic N) is 1. The van der Waals surface area contributed by atoms with Crippen LogP contribution in [-0.4, -0.2) is 57.6 Å². The molecule has 200 valence electrons. The summed E-state index contributed by atoms with van der Waals surface area (Å²) < 4.78 is 18.0. The molecule has 0 aliphatic heterocycles. The summed E-state index contributed by atoms with van der Waals surface area (Å²) in [7, 11) is 2.72. The van der Waals surface area contributed by atoms with Crippen LogP contribution in [0.1, 0.15) is 50.5 Å². The molecule has 3 atom stereocenters. The first-order chi connectivity index (χ1) is 16.7. The Kier molecular flexibility index (Phi) is 9.62. The fourth-order valence-electron chi connectivity index (χ4n) is 3.94. The number of hydrogen-bond donors (Lipinski definition) is 2. The van der Waals surface area contributed by atoms with Crippen LogP contribution in [0.5, 0.6) is 17.2 Å². The number of amides is 1. The van der Waals surface area contributed by atoms with Crippen molar-refractivity contribution >= 4 is 14.2 Å². The van der Waals surface area contributed by atoms with Crippen molar-refractivity contribution in [3.05, 3.63) is 53.1 Å². The van der Waals surface area contributed by atoms with Crippen molar-refractivity contribution in [2.75, 3.05) is 21.3 Å². The number of carbonyl (C=O) groups excluding carboxylic acids is 1. The Morgan fingerprint density at radius 1 is 1.11 bits per heavy atom. The first kappa shape index (κ1) is 29.7. The quantitative estimate of drug-likeness (QED) is 0.439. The van der Waals surface area contributed by atoms with Crippen molar-refractivity contribution in [1.82, 2.24) is 4.90 Å². The summed E-state index contributed by atoms with van der Waals surface area (Å²) in [5.74, 6) is 1.62. The third kappa shape index (κ3) is 6.41. The predicted octanol–water partition coefficient (Wildman–Crippen LogP) is 4.85. The van der Waals surface area contributed by atoms with E-state index in [4.69, 9.17) is 19.6 Å². The third-order valence-corrected chi connectivity index (χ3v) is 11.7. The molecule has 0 spiro atoms. The average molecular weight is 517 g/mol. The van der Waals surface area contributed by atoms with E-state index in [1.54, 1.807) is 21.3 Å². The molecule has 2 aromatic rings. The van der Waals surface area contributed by atoms with Crippen molar-refractivity contribution < 1.29 is 23.8 Å². The van der Waals surface area contributed by atoms with Crippen molar-refractivity contribution in [1.29, 1.82) is 0 Å². The van der Waals surface area contributed by atoms with Gasteiger partial charge in [-0.1, -0.05) is 51.1 Å². The monoisotopic (exact) mass is 516 g/mol. The molecular formula is C28H44N2O5Si. The van der Waals surface area contributed by atoms with Gasteiger partial charge in [-0.05, 0) is 43.6 Å². The number of benzene rings is 2. The van der Waals surface area contributed by atoms with E-state index >= 15 is 0 Å². The van der Waals surface area contributed by atoms with Crippen molar-refractivity contribution in [2.45, 2.75) is 77.4 Å². The van der Waals surface area contributed by atoms with Gasteiger partial charge in [-0.15, -0.1) is 0 Å². The second-order valence-electron chi connectivity index (χ2n) is 10.9. The van der Waals surface area contributed by atoms with Crippen LogP contribution < -0.4 is 19.6 Å². The molecule has 0 saturated heterocycles. The number of nitrogens with two attached hydrogens (primary N) is 1. The SMILES string of the molecule is COc1c(C[C@H](N)C(=O)N(C)[C@H](C)[C@H](O)c2ccccc2)cc(O[Si](C)(C)C(C)(C)C)c(OC)c1C. The lowest BCUT2D eigenvalue weighted by Crippen LogP contribution is -2.48. The molecule has 0 heterocycles. The van der Waals surface area contributed by atoms with E-state index in [0.717, 1.165) is 16.7 Å². The van der Waals surface area contributed by atoms with Gasteiger partial charge in [0.2, 0.25) is 5.91 Å². The summed E-state index contributed by atoms with van der Waals surface area (Å²) in [6, 6.07) is 9.90. The lowest BCUT2D eigenvalue weighted by molar-refractivity contribution is -0.135. The van der Waals surface area contributed by atoms with E-state index in [-0.39, 0.29) is 17.4 Å². The van der Waals surface area contributed by atoms with Gasteiger partial charge in [0.25, 0.3) is 8.32 Å². The number of methoxy groups -OCH3 is 2. The second-order valence-corrected chi connectivity index (χ2v) is 15.7. The Bertz CT molecular complexity index is 1040. The van der Waals surface area contributed by atoms with E-state index < -0.39 is 26.5 Å². The van der Waals surface area contributed by atoms with Gasteiger partial charge in [-0.2, -0.15) is 0 Å². The Labute approximate surface area is 217 Å². The van der Waals surface area contributed by atoms with E-state index in [1.807, 2.05) is 50.2 Å². The third-order valence-electron chi connectivity index (χ3n) is 7.40. The van der Waals surface area contributed by atoms with E-state index in [9.17, 15) is 9.90 Å². The highest BCUT2D eigenvalue weighted by molar-refractivity contribution is 6.74. The molecule has 0 aliphatic rings. The summed E-state index contributed by atoms with van der Waals surface area (Å²) in [5.41, 5.74) is 8.75. The molecule has 36 heavy (non-hydrogen) atoms. The van der Waals surface area contributed by atoms with Gasteiger partial charge in [0.15, 0.2) is 5.75 Å². The molecule has 0 aliphatic carbocycles. The summed E-state index contributed by atoms with van der Waals surface area (Å²) >= 11 is 0. The average Bonchev–Trinajstić information content (AvgIpc) is 2.82. The highest BCUT2D eigenvalue weighted by atomic mass is 28.4. The van der Waals surface area contributed by atoms with Crippen LogP contribution in [0.3, 0.4) is 0 Å². The van der Waals surface area contributed by atoms with Crippen LogP contribution in [0, 0.1) is 6.92 Å². The van der Waals surface area contributed by atoms with Crippen LogP contribution in [0.4, 0.5) is 0 Å². The van der Waals surface area contributed by atoms with Crippen LogP contribution >= 0.6 is 0 Å². The fraction of sp³-hybridized carbons (Fsp3) is 0.536. The minimum atomic E-state index is -2.16. The number of ether oxygens (including phenoxy) is 2. The lowest BCUT2D eigenvalue weighted by atomic mass is 9.98. The van der Waals surface area contributed by atoms with Crippen LogP contribution in [0.25, 0.3) is 0 Å². The van der Waals surface area contributed by atoms with Crippen LogP contribution in [-0.2, 0) is 11.2 Å². The first-order valence-corrected chi connectivity index (χ1v) is 15.3. The maximum atomic E-state index is 13.3. The summed E-state index contributed by atoms with van der Waals surface area (Å²) in [6.45, 7) is 14.6. The van der Waals surface area contributed by atoms with E-state index in [2.05, 4.69) is 33.9 Å². The second kappa shape index (κ2) is 11.7. The van der Waals surface area contributed by atoms with Crippen LogP contribution in [0.2, 0.25) is 18.1 Å². The molecule has 8 heteroatoms. The molecule has 1 amide bonds. The molecule has 2 aromatic carbocycles. The smallest absolute Gasteiger partial charge is 0.250 e. The Morgan fingerprint density at radius 3 is 2.17 bits per heavy atom. The molecule has 0 radical (unpaired) electrons. The molecule has 0 aromatic heterocycles. The number of hydrogen-bond acceptors (Lipinski definition) is 6. The van der Waals surface area contributed by atoms with Crippen molar-refractivity contribution in [3.63, 3.8) is 0 Å². The highest BCUT2D eigenvalue weighted by Crippen LogP contribution is 2.44. The van der Waals surface area contributed by atoms with Crippen molar-refractivity contribution in [2.24, 2.45) is 5.73 Å². The maximum absolute atomic E-state index is 13.3. The molecule has 3 N–H and O–H groups in total. The standard InChI is InChI=1S/C28H44N2O5Si/c1-18-25(33-7)21(17-23(26(18)34-8)35-36(9,10)28(3,4)5)16-22(29)27(32)30(6)19(2)24(31)20-14-12-11-13-15-20/h11-15,17,19,22,24,31H,16,29H2,1-10H3/t19-,22+,24+/m1/s1. The van der Waals surface area contributed by atoms with Gasteiger partial charge in [0.05, 0.1) is 32.4 Å². The zero-order chi connectivity index (χ0) is 27.4. The number of rotatable bonds is 10. The Morgan fingerprint density at radius 2 is 1.67 bits per heavy atom. The predicted molar refractivity (Wildman–Crippen MR) is 147 cm³/mol. The molecule has 0 saturated carbocycles. The zero-order valence-electron chi connectivity index (χ0n) is 23.5.